The maximum Gasteiger partial charge on any atom is 0.119 e. The number of hydrogen-bond donors (Lipinski definition) is 1. The molecule has 0 aliphatic rings. The van der Waals surface area contributed by atoms with E-state index in [-0.39, 0.29) is 6.61 Å². The highest BCUT2D eigenvalue weighted by Crippen LogP contribution is 2.14. The maximum atomic E-state index is 9.45. The van der Waals surface area contributed by atoms with Crippen LogP contribution in [0, 0.1) is 11.3 Å². The van der Waals surface area contributed by atoms with Gasteiger partial charge in [0.2, 0.25) is 0 Å². The molecule has 0 radical (unpaired) electrons. The predicted molar refractivity (Wildman–Crippen MR) is 57.6 cm³/mol. The van der Waals surface area contributed by atoms with Crippen LogP contribution in [0.3, 0.4) is 0 Å². The van der Waals surface area contributed by atoms with Crippen LogP contribution >= 0.6 is 0 Å². The first-order valence-corrected chi connectivity index (χ1v) is 4.82. The number of hydrogen-bond acceptors (Lipinski definition) is 3. The molecular weight excluding hydrogens is 190 g/mol. The van der Waals surface area contributed by atoms with E-state index in [9.17, 15) is 5.11 Å². The first kappa shape index (κ1) is 11.5. The number of nitrogens with zero attached hydrogens (tertiary/aromatic N) is 1. The molecule has 1 aromatic rings. The summed E-state index contributed by atoms with van der Waals surface area (Å²) in [5, 5.41) is 17.9. The molecule has 0 bridgehead atoms. The molecule has 0 amide bonds. The van der Waals surface area contributed by atoms with Crippen molar-refractivity contribution in [3.63, 3.8) is 0 Å². The zero-order chi connectivity index (χ0) is 11.3. The highest BCUT2D eigenvalue weighted by Gasteiger charge is 2.12. The Morgan fingerprint density at radius 2 is 1.93 bits per heavy atom. The van der Waals surface area contributed by atoms with Crippen LogP contribution in [0.4, 0.5) is 0 Å². The van der Waals surface area contributed by atoms with Crippen molar-refractivity contribution >= 4 is 0 Å². The lowest BCUT2D eigenvalue weighted by atomic mass is 10.1. The van der Waals surface area contributed by atoms with Crippen LogP contribution in [-0.2, 0) is 6.42 Å². The molecular formula is C12H15NO2. The Kier molecular flexibility index (Phi) is 3.70. The van der Waals surface area contributed by atoms with Gasteiger partial charge in [-0.2, -0.15) is 5.26 Å². The van der Waals surface area contributed by atoms with Gasteiger partial charge in [0.25, 0.3) is 0 Å². The fraction of sp³-hybridized carbons (Fsp3) is 0.417. The van der Waals surface area contributed by atoms with Gasteiger partial charge in [0.15, 0.2) is 0 Å². The molecule has 80 valence electrons. The Hall–Kier alpha value is -1.53. The Labute approximate surface area is 89.9 Å². The first-order chi connectivity index (χ1) is 7.01. The zero-order valence-electron chi connectivity index (χ0n) is 9.03. The third-order valence-electron chi connectivity index (χ3n) is 1.80. The summed E-state index contributed by atoms with van der Waals surface area (Å²) in [5.41, 5.74) is 0.138. The fourth-order valence-corrected chi connectivity index (χ4v) is 1.05. The SMILES string of the molecule is CC(C)(O)COc1ccc(CC#N)cc1. The van der Waals surface area contributed by atoms with Crippen LogP contribution < -0.4 is 4.74 Å². The lowest BCUT2D eigenvalue weighted by molar-refractivity contribution is 0.0285. The van der Waals surface area contributed by atoms with Gasteiger partial charge in [-0.15, -0.1) is 0 Å². The molecule has 0 fully saturated rings. The molecule has 15 heavy (non-hydrogen) atoms. The van der Waals surface area contributed by atoms with Crippen LogP contribution in [0.2, 0.25) is 0 Å². The average Bonchev–Trinajstić information content (AvgIpc) is 2.16. The number of nitriles is 1. The van der Waals surface area contributed by atoms with E-state index < -0.39 is 5.60 Å². The summed E-state index contributed by atoms with van der Waals surface area (Å²) in [4.78, 5) is 0. The number of benzene rings is 1. The summed E-state index contributed by atoms with van der Waals surface area (Å²) in [6.07, 6.45) is 0.409. The molecule has 0 saturated carbocycles. The summed E-state index contributed by atoms with van der Waals surface area (Å²) in [5.74, 6) is 0.707. The molecule has 0 aliphatic heterocycles. The molecule has 0 aromatic heterocycles. The summed E-state index contributed by atoms with van der Waals surface area (Å²) < 4.78 is 5.37. The van der Waals surface area contributed by atoms with E-state index >= 15 is 0 Å². The van der Waals surface area contributed by atoms with E-state index in [0.29, 0.717) is 12.2 Å². The monoisotopic (exact) mass is 205 g/mol. The van der Waals surface area contributed by atoms with Gasteiger partial charge in [0.05, 0.1) is 18.1 Å². The highest BCUT2D eigenvalue weighted by molar-refractivity contribution is 5.28. The number of ether oxygens (including phenoxy) is 1. The van der Waals surface area contributed by atoms with Gasteiger partial charge < -0.3 is 9.84 Å². The molecule has 0 spiro atoms. The van der Waals surface area contributed by atoms with Gasteiger partial charge in [-0.25, -0.2) is 0 Å². The summed E-state index contributed by atoms with van der Waals surface area (Å²) in [6, 6.07) is 9.39. The van der Waals surface area contributed by atoms with E-state index in [1.807, 2.05) is 12.1 Å². The quantitative estimate of drug-likeness (QED) is 0.816. The molecule has 1 N–H and O–H groups in total. The lowest BCUT2D eigenvalue weighted by Crippen LogP contribution is -2.27. The molecule has 0 saturated heterocycles. The Morgan fingerprint density at radius 3 is 2.40 bits per heavy atom. The number of aliphatic hydroxyl groups is 1. The van der Waals surface area contributed by atoms with Crippen molar-refractivity contribution < 1.29 is 9.84 Å². The van der Waals surface area contributed by atoms with Gasteiger partial charge in [-0.1, -0.05) is 12.1 Å². The van der Waals surface area contributed by atoms with Gasteiger partial charge in [0.1, 0.15) is 12.4 Å². The molecule has 0 unspecified atom stereocenters. The first-order valence-electron chi connectivity index (χ1n) is 4.82. The van der Waals surface area contributed by atoms with E-state index in [0.717, 1.165) is 5.56 Å². The molecule has 0 aliphatic carbocycles. The van der Waals surface area contributed by atoms with Gasteiger partial charge in [0, 0.05) is 0 Å². The topological polar surface area (TPSA) is 53.2 Å². The number of rotatable bonds is 4. The Bertz CT molecular complexity index is 343. The van der Waals surface area contributed by atoms with Crippen molar-refractivity contribution in [3.8, 4) is 11.8 Å². The van der Waals surface area contributed by atoms with Crippen LogP contribution in [0.5, 0.6) is 5.75 Å². The maximum absolute atomic E-state index is 9.45. The van der Waals surface area contributed by atoms with Crippen molar-refractivity contribution in [2.75, 3.05) is 6.61 Å². The summed E-state index contributed by atoms with van der Waals surface area (Å²) in [6.45, 7) is 3.64. The summed E-state index contributed by atoms with van der Waals surface area (Å²) >= 11 is 0. The molecule has 1 rings (SSSR count). The lowest BCUT2D eigenvalue weighted by Gasteiger charge is -2.17. The zero-order valence-corrected chi connectivity index (χ0v) is 9.03. The normalized spacial score (nSPS) is 10.8. The van der Waals surface area contributed by atoms with E-state index in [2.05, 4.69) is 6.07 Å². The van der Waals surface area contributed by atoms with Gasteiger partial charge in [-0.3, -0.25) is 0 Å². The largest absolute Gasteiger partial charge is 0.491 e. The second-order valence-electron chi connectivity index (χ2n) is 4.08. The molecule has 0 heterocycles. The van der Waals surface area contributed by atoms with Crippen molar-refractivity contribution in [1.29, 1.82) is 5.26 Å². The van der Waals surface area contributed by atoms with Crippen LogP contribution in [-0.4, -0.2) is 17.3 Å². The summed E-state index contributed by atoms with van der Waals surface area (Å²) in [7, 11) is 0. The average molecular weight is 205 g/mol. The third kappa shape index (κ3) is 4.48. The second kappa shape index (κ2) is 4.81. The van der Waals surface area contributed by atoms with E-state index in [1.165, 1.54) is 0 Å². The van der Waals surface area contributed by atoms with E-state index in [1.54, 1.807) is 26.0 Å². The predicted octanol–water partition coefficient (Wildman–Crippen LogP) is 1.90. The minimum absolute atomic E-state index is 0.255. The minimum atomic E-state index is -0.828. The van der Waals surface area contributed by atoms with Crippen molar-refractivity contribution in [2.24, 2.45) is 0 Å². The third-order valence-corrected chi connectivity index (χ3v) is 1.80. The van der Waals surface area contributed by atoms with Crippen molar-refractivity contribution in [1.82, 2.24) is 0 Å². The van der Waals surface area contributed by atoms with Gasteiger partial charge in [-0.05, 0) is 31.5 Å². The molecule has 1 aromatic carbocycles. The molecule has 3 nitrogen and oxygen atoms in total. The van der Waals surface area contributed by atoms with Crippen LogP contribution in [0.1, 0.15) is 19.4 Å². The molecule has 3 heteroatoms. The van der Waals surface area contributed by atoms with Crippen molar-refractivity contribution in [2.45, 2.75) is 25.9 Å². The Balaban J connectivity index is 2.54. The van der Waals surface area contributed by atoms with Crippen LogP contribution in [0.25, 0.3) is 0 Å². The Morgan fingerprint density at radius 1 is 1.33 bits per heavy atom. The van der Waals surface area contributed by atoms with Crippen LogP contribution in [0.15, 0.2) is 24.3 Å². The highest BCUT2D eigenvalue weighted by atomic mass is 16.5. The second-order valence-corrected chi connectivity index (χ2v) is 4.08. The van der Waals surface area contributed by atoms with E-state index in [4.69, 9.17) is 10.00 Å². The minimum Gasteiger partial charge on any atom is -0.491 e. The molecule has 0 atom stereocenters. The van der Waals surface area contributed by atoms with Gasteiger partial charge >= 0.3 is 0 Å². The smallest absolute Gasteiger partial charge is 0.119 e. The van der Waals surface area contributed by atoms with Crippen molar-refractivity contribution in [3.05, 3.63) is 29.8 Å². The standard InChI is InChI=1S/C12H15NO2/c1-12(2,14)9-15-11-5-3-10(4-6-11)7-8-13/h3-6,14H,7,9H2,1-2H3. The fourth-order valence-electron chi connectivity index (χ4n) is 1.05.